The smallest absolute Gasteiger partial charge is 0.305 e. The highest BCUT2D eigenvalue weighted by molar-refractivity contribution is 5.69. The molecule has 0 aromatic rings. The number of esters is 1. The van der Waals surface area contributed by atoms with Crippen molar-refractivity contribution in [2.45, 2.75) is 125 Å². The van der Waals surface area contributed by atoms with Crippen molar-refractivity contribution in [1.82, 2.24) is 0 Å². The molecular weight excluding hydrogens is 560 g/mol. The Morgan fingerprint density at radius 2 is 1.17 bits per heavy atom. The van der Waals surface area contributed by atoms with Crippen molar-refractivity contribution < 1.29 is 84.3 Å². The minimum atomic E-state index is -1.95. The van der Waals surface area contributed by atoms with Gasteiger partial charge in [-0.05, 0) is 6.42 Å². The second-order valence-electron chi connectivity index (χ2n) is 10.3. The monoisotopic (exact) mass is 602 g/mol. The lowest BCUT2D eigenvalue weighted by Gasteiger charge is -2.47. The third kappa shape index (κ3) is 8.08. The minimum absolute atomic E-state index is 0.0773. The molecule has 3 rings (SSSR count). The molecule has 0 saturated carbocycles. The predicted molar refractivity (Wildman–Crippen MR) is 129 cm³/mol. The molecule has 240 valence electrons. The van der Waals surface area contributed by atoms with Crippen LogP contribution in [0.3, 0.4) is 0 Å². The van der Waals surface area contributed by atoms with E-state index in [-0.39, 0.29) is 6.42 Å². The Labute approximate surface area is 235 Å². The van der Waals surface area contributed by atoms with Crippen molar-refractivity contribution in [1.29, 1.82) is 0 Å². The van der Waals surface area contributed by atoms with Gasteiger partial charge >= 0.3 is 5.97 Å². The zero-order chi connectivity index (χ0) is 30.4. The van der Waals surface area contributed by atoms with Crippen LogP contribution in [0.2, 0.25) is 0 Å². The van der Waals surface area contributed by atoms with E-state index in [0.29, 0.717) is 6.42 Å². The van der Waals surface area contributed by atoms with E-state index in [2.05, 4.69) is 0 Å². The lowest BCUT2D eigenvalue weighted by molar-refractivity contribution is -0.377. The van der Waals surface area contributed by atoms with E-state index in [0.717, 1.165) is 12.8 Å². The van der Waals surface area contributed by atoms with Gasteiger partial charge in [0.2, 0.25) is 0 Å². The highest BCUT2D eigenvalue weighted by Gasteiger charge is 2.53. The van der Waals surface area contributed by atoms with Crippen LogP contribution in [0.4, 0.5) is 0 Å². The molecule has 0 radical (unpaired) electrons. The van der Waals surface area contributed by atoms with Crippen molar-refractivity contribution in [3.63, 3.8) is 0 Å². The Bertz CT molecular complexity index is 800. The average molecular weight is 603 g/mol. The molecule has 41 heavy (non-hydrogen) atoms. The molecule has 0 amide bonds. The molecule has 3 saturated heterocycles. The molecule has 3 fully saturated rings. The Morgan fingerprint density at radius 3 is 1.76 bits per heavy atom. The van der Waals surface area contributed by atoms with Gasteiger partial charge in [-0.3, -0.25) is 4.79 Å². The van der Waals surface area contributed by atoms with Gasteiger partial charge in [-0.15, -0.1) is 0 Å². The normalized spacial score (nSPS) is 45.4. The van der Waals surface area contributed by atoms with E-state index in [1.54, 1.807) is 0 Å². The van der Waals surface area contributed by atoms with E-state index in [1.165, 1.54) is 0 Å². The van der Waals surface area contributed by atoms with Crippen molar-refractivity contribution in [3.8, 4) is 0 Å². The number of hydrogen-bond acceptors (Lipinski definition) is 17. The maximum atomic E-state index is 12.3. The van der Waals surface area contributed by atoms with Crippen LogP contribution in [0.15, 0.2) is 0 Å². The summed E-state index contributed by atoms with van der Waals surface area (Å²) < 4.78 is 32.5. The zero-order valence-electron chi connectivity index (χ0n) is 22.4. The van der Waals surface area contributed by atoms with Gasteiger partial charge in [0.05, 0.1) is 13.2 Å². The lowest BCUT2D eigenvalue weighted by Crippen LogP contribution is -2.66. The van der Waals surface area contributed by atoms with E-state index in [9.17, 15) is 55.9 Å². The summed E-state index contributed by atoms with van der Waals surface area (Å²) in [6.07, 6.45) is -23.3. The summed E-state index contributed by atoms with van der Waals surface area (Å²) in [5.41, 5.74) is 0. The first-order chi connectivity index (χ1) is 19.4. The van der Waals surface area contributed by atoms with E-state index in [1.807, 2.05) is 6.92 Å². The van der Waals surface area contributed by atoms with Crippen molar-refractivity contribution in [3.05, 3.63) is 0 Å². The van der Waals surface area contributed by atoms with Crippen LogP contribution in [0.5, 0.6) is 0 Å². The molecule has 15 atom stereocenters. The topological polar surface area (TPSA) is 275 Å². The number of aliphatic hydroxyl groups is 10. The number of carbonyl (C=O) groups excluding carboxylic acids is 1. The number of ether oxygens (including phenoxy) is 6. The molecule has 0 aromatic carbocycles. The van der Waals surface area contributed by atoms with Crippen molar-refractivity contribution in [2.75, 3.05) is 19.8 Å². The number of aliphatic hydroxyl groups excluding tert-OH is 10. The summed E-state index contributed by atoms with van der Waals surface area (Å²) in [6.45, 7) is -0.154. The molecule has 17 nitrogen and oxygen atoms in total. The lowest BCUT2D eigenvalue weighted by atomic mass is 9.96. The first kappa shape index (κ1) is 34.4. The molecule has 0 bridgehead atoms. The number of unbranched alkanes of at least 4 members (excludes halogenated alkanes) is 2. The Hall–Kier alpha value is -1.13. The quantitative estimate of drug-likeness (QED) is 0.0737. The van der Waals surface area contributed by atoms with Crippen LogP contribution in [-0.2, 0) is 33.2 Å². The average Bonchev–Trinajstić information content (AvgIpc) is 2.96. The second kappa shape index (κ2) is 15.6. The first-order valence-corrected chi connectivity index (χ1v) is 13.5. The summed E-state index contributed by atoms with van der Waals surface area (Å²) in [7, 11) is 0. The van der Waals surface area contributed by atoms with E-state index < -0.39 is 118 Å². The number of hydrogen-bond donors (Lipinski definition) is 10. The van der Waals surface area contributed by atoms with Crippen LogP contribution in [0, 0.1) is 0 Å². The second-order valence-corrected chi connectivity index (χ2v) is 10.3. The number of carbonyl (C=O) groups is 1. The van der Waals surface area contributed by atoms with E-state index in [4.69, 9.17) is 28.4 Å². The van der Waals surface area contributed by atoms with Crippen molar-refractivity contribution in [2.24, 2.45) is 0 Å². The van der Waals surface area contributed by atoms with Crippen LogP contribution in [-0.4, -0.2) is 169 Å². The van der Waals surface area contributed by atoms with Crippen LogP contribution < -0.4 is 0 Å². The SMILES string of the molecule is CCCCCC(=O)OC[C@H]1O[C@H](O[C@H]2[C@H](O)[C@@H](O)C(O)O[C@@H]2CO)[C@H](O)[C@@H](O)[C@@H]1O[C@H]1O[C@H](CO)[C@@H](O)[C@H](O)[C@H]1O. The predicted octanol–water partition coefficient (Wildman–Crippen LogP) is -5.44. The van der Waals surface area contributed by atoms with Gasteiger partial charge in [0, 0.05) is 6.42 Å². The van der Waals surface area contributed by atoms with Gasteiger partial charge in [-0.1, -0.05) is 19.8 Å². The zero-order valence-corrected chi connectivity index (χ0v) is 22.4. The van der Waals surface area contributed by atoms with Gasteiger partial charge < -0.3 is 79.5 Å². The fraction of sp³-hybridized carbons (Fsp3) is 0.958. The molecule has 0 aliphatic carbocycles. The summed E-state index contributed by atoms with van der Waals surface area (Å²) in [4.78, 5) is 12.3. The van der Waals surface area contributed by atoms with Gasteiger partial charge in [0.15, 0.2) is 18.9 Å². The minimum Gasteiger partial charge on any atom is -0.463 e. The largest absolute Gasteiger partial charge is 0.463 e. The molecular formula is C24H42O17. The van der Waals surface area contributed by atoms with Gasteiger partial charge in [0.1, 0.15) is 79.9 Å². The fourth-order valence-corrected chi connectivity index (χ4v) is 4.81. The molecule has 0 spiro atoms. The molecule has 1 unspecified atom stereocenters. The Morgan fingerprint density at radius 1 is 0.634 bits per heavy atom. The maximum Gasteiger partial charge on any atom is 0.305 e. The molecule has 17 heteroatoms. The summed E-state index contributed by atoms with van der Waals surface area (Å²) >= 11 is 0. The third-order valence-corrected chi connectivity index (χ3v) is 7.30. The standard InChI is InChI=1S/C24H42O17/c1-2-3-4-5-12(27)36-8-11-21(41-23-18(33)14(29)13(28)9(6-25)38-23)16(31)19(34)24(39-11)40-20-10(7-26)37-22(35)17(32)15(20)30/h9-11,13-26,28-35H,2-8H2,1H3/t9-,10-,11-,13-,14+,15-,16-,17-,18-,19-,20-,21-,22?,23-,24-/m1/s1. The third-order valence-electron chi connectivity index (χ3n) is 7.30. The van der Waals surface area contributed by atoms with Gasteiger partial charge in [-0.2, -0.15) is 0 Å². The van der Waals surface area contributed by atoms with Crippen LogP contribution in [0.25, 0.3) is 0 Å². The van der Waals surface area contributed by atoms with Crippen molar-refractivity contribution >= 4 is 5.97 Å². The summed E-state index contributed by atoms with van der Waals surface area (Å²) in [5, 5.41) is 101. The summed E-state index contributed by atoms with van der Waals surface area (Å²) in [6, 6.07) is 0. The molecule has 10 N–H and O–H groups in total. The fourth-order valence-electron chi connectivity index (χ4n) is 4.81. The van der Waals surface area contributed by atoms with Crippen LogP contribution in [0.1, 0.15) is 32.6 Å². The highest BCUT2D eigenvalue weighted by atomic mass is 16.8. The Balaban J connectivity index is 1.79. The van der Waals surface area contributed by atoms with Gasteiger partial charge in [0.25, 0.3) is 0 Å². The highest BCUT2D eigenvalue weighted by Crippen LogP contribution is 2.32. The molecule has 3 aliphatic heterocycles. The maximum absolute atomic E-state index is 12.3. The number of rotatable bonds is 12. The van der Waals surface area contributed by atoms with Crippen LogP contribution >= 0.6 is 0 Å². The molecule has 3 aliphatic rings. The molecule has 3 heterocycles. The van der Waals surface area contributed by atoms with E-state index >= 15 is 0 Å². The first-order valence-electron chi connectivity index (χ1n) is 13.5. The van der Waals surface area contributed by atoms with Gasteiger partial charge in [-0.25, -0.2) is 0 Å². The Kier molecular flexibility index (Phi) is 13.0. The summed E-state index contributed by atoms with van der Waals surface area (Å²) in [5.74, 6) is -0.611. The molecule has 0 aromatic heterocycles.